The number of halogens is 1. The normalized spacial score (nSPS) is 20.7. The summed E-state index contributed by atoms with van der Waals surface area (Å²) in [5.41, 5.74) is 1.65. The summed E-state index contributed by atoms with van der Waals surface area (Å²) in [6.07, 6.45) is 8.02. The van der Waals surface area contributed by atoms with Gasteiger partial charge >= 0.3 is 0 Å². The molecule has 38 heavy (non-hydrogen) atoms. The summed E-state index contributed by atoms with van der Waals surface area (Å²) >= 11 is 1.40. The molecule has 1 aromatic carbocycles. The van der Waals surface area contributed by atoms with Gasteiger partial charge in [-0.3, -0.25) is 9.78 Å². The number of nitriles is 1. The van der Waals surface area contributed by atoms with Crippen LogP contribution < -0.4 is 0 Å². The van der Waals surface area contributed by atoms with Crippen molar-refractivity contribution in [3.05, 3.63) is 54.2 Å². The van der Waals surface area contributed by atoms with Crippen LogP contribution in [0.3, 0.4) is 0 Å². The molecule has 0 N–H and O–H groups in total. The largest absolute Gasteiger partial charge is 0.299 e. The fourth-order valence-electron chi connectivity index (χ4n) is 5.30. The Balaban J connectivity index is 1.57. The fourth-order valence-corrected chi connectivity index (χ4v) is 7.48. The average molecular weight is 552 g/mol. The maximum atomic E-state index is 14.0. The highest BCUT2D eigenvalue weighted by Crippen LogP contribution is 2.51. The van der Waals surface area contributed by atoms with Gasteiger partial charge in [-0.2, -0.15) is 5.26 Å². The Morgan fingerprint density at radius 2 is 1.87 bits per heavy atom. The number of aromatic nitrogens is 2. The molecule has 5 rings (SSSR count). The summed E-state index contributed by atoms with van der Waals surface area (Å²) in [6.45, 7) is 3.31. The third kappa shape index (κ3) is 5.16. The topological polar surface area (TPSA) is 101 Å². The SMILES string of the molecule is CC(C)S(=O)(=O)c1ccc(-c2sc(-c3cncc(F)c3)nc2[C@@H]2CCCC[C@H]2C(=O)CC2(C#N)CC2)cc1. The lowest BCUT2D eigenvalue weighted by atomic mass is 9.73. The van der Waals surface area contributed by atoms with Gasteiger partial charge in [0, 0.05) is 30.0 Å². The van der Waals surface area contributed by atoms with Crippen molar-refractivity contribution in [3.63, 3.8) is 0 Å². The number of hydrogen-bond donors (Lipinski definition) is 0. The highest BCUT2D eigenvalue weighted by atomic mass is 32.2. The molecule has 2 fully saturated rings. The van der Waals surface area contributed by atoms with E-state index in [0.717, 1.165) is 60.9 Å². The number of ketones is 1. The zero-order chi connectivity index (χ0) is 27.1. The van der Waals surface area contributed by atoms with Crippen LogP contribution in [0.5, 0.6) is 0 Å². The van der Waals surface area contributed by atoms with Crippen LogP contribution >= 0.6 is 11.3 Å². The second-order valence-corrected chi connectivity index (χ2v) is 14.3. The van der Waals surface area contributed by atoms with Crippen LogP contribution in [0.2, 0.25) is 0 Å². The molecule has 0 radical (unpaired) electrons. The minimum absolute atomic E-state index is 0.119. The van der Waals surface area contributed by atoms with E-state index >= 15 is 0 Å². The van der Waals surface area contributed by atoms with Crippen LogP contribution in [-0.2, 0) is 14.6 Å². The lowest BCUT2D eigenvalue weighted by molar-refractivity contribution is -0.125. The molecule has 198 valence electrons. The predicted molar refractivity (Wildman–Crippen MR) is 145 cm³/mol. The van der Waals surface area contributed by atoms with Crippen LogP contribution in [0.1, 0.15) is 70.4 Å². The smallest absolute Gasteiger partial charge is 0.180 e. The van der Waals surface area contributed by atoms with Gasteiger partial charge in [0.1, 0.15) is 16.6 Å². The number of nitrogens with zero attached hydrogens (tertiary/aromatic N) is 3. The molecule has 2 heterocycles. The molecule has 9 heteroatoms. The number of thiazole rings is 1. The Bertz CT molecular complexity index is 1500. The third-order valence-electron chi connectivity index (χ3n) is 7.80. The molecule has 2 atom stereocenters. The fraction of sp³-hybridized carbons (Fsp3) is 0.448. The first kappa shape index (κ1) is 26.6. The van der Waals surface area contributed by atoms with Crippen molar-refractivity contribution in [2.24, 2.45) is 11.3 Å². The molecule has 0 bridgehead atoms. The second kappa shape index (κ2) is 10.3. The molecular weight excluding hydrogens is 521 g/mol. The van der Waals surface area contributed by atoms with Crippen molar-refractivity contribution >= 4 is 27.0 Å². The number of carbonyl (C=O) groups is 1. The van der Waals surface area contributed by atoms with Gasteiger partial charge in [-0.05, 0) is 63.3 Å². The van der Waals surface area contributed by atoms with E-state index < -0.39 is 26.3 Å². The third-order valence-corrected chi connectivity index (χ3v) is 11.1. The van der Waals surface area contributed by atoms with E-state index in [0.29, 0.717) is 10.6 Å². The molecular formula is C29H30FN3O3S2. The van der Waals surface area contributed by atoms with Crippen LogP contribution in [0, 0.1) is 28.5 Å². The molecule has 0 aliphatic heterocycles. The highest BCUT2D eigenvalue weighted by Gasteiger charge is 2.47. The summed E-state index contributed by atoms with van der Waals surface area (Å²) in [7, 11) is -3.42. The standard InChI is InChI=1S/C29H30FN3O3S2/c1-18(2)38(35,36)22-9-7-19(8-10-22)27-26(33-28(37-27)20-13-21(30)16-32-15-20)24-6-4-3-5-23(24)25(34)14-29(17-31)11-12-29/h7-10,13,15-16,18,23-24H,3-6,11-12,14H2,1-2H3/t23-,24-/m1/s1. The molecule has 0 spiro atoms. The maximum absolute atomic E-state index is 14.0. The van der Waals surface area contributed by atoms with Crippen molar-refractivity contribution in [3.8, 4) is 27.1 Å². The number of carbonyl (C=O) groups excluding carboxylic acids is 1. The summed E-state index contributed by atoms with van der Waals surface area (Å²) in [5.74, 6) is -0.679. The molecule has 0 saturated heterocycles. The van der Waals surface area contributed by atoms with Crippen molar-refractivity contribution < 1.29 is 17.6 Å². The molecule has 2 aromatic heterocycles. The summed E-state index contributed by atoms with van der Waals surface area (Å²) in [4.78, 5) is 23.5. The Morgan fingerprint density at radius 3 is 2.50 bits per heavy atom. The van der Waals surface area contributed by atoms with E-state index in [2.05, 4.69) is 11.1 Å². The Morgan fingerprint density at radius 1 is 1.16 bits per heavy atom. The van der Waals surface area contributed by atoms with E-state index in [4.69, 9.17) is 4.98 Å². The number of benzene rings is 1. The van der Waals surface area contributed by atoms with E-state index in [1.165, 1.54) is 17.4 Å². The minimum Gasteiger partial charge on any atom is -0.299 e. The molecule has 0 unspecified atom stereocenters. The van der Waals surface area contributed by atoms with Crippen LogP contribution in [0.15, 0.2) is 47.6 Å². The van der Waals surface area contributed by atoms with Crippen LogP contribution in [0.4, 0.5) is 4.39 Å². The molecule has 2 saturated carbocycles. The van der Waals surface area contributed by atoms with Gasteiger partial charge in [-0.25, -0.2) is 17.8 Å². The second-order valence-electron chi connectivity index (χ2n) is 10.8. The van der Waals surface area contributed by atoms with Gasteiger partial charge in [0.2, 0.25) is 0 Å². The predicted octanol–water partition coefficient (Wildman–Crippen LogP) is 6.73. The maximum Gasteiger partial charge on any atom is 0.180 e. The first-order valence-electron chi connectivity index (χ1n) is 13.0. The summed E-state index contributed by atoms with van der Waals surface area (Å²) in [6, 6.07) is 10.5. The Kier molecular flexibility index (Phi) is 7.23. The lowest BCUT2D eigenvalue weighted by Crippen LogP contribution is -2.28. The first-order valence-corrected chi connectivity index (χ1v) is 15.4. The number of rotatable bonds is 8. The minimum atomic E-state index is -3.42. The molecule has 3 aromatic rings. The number of sulfone groups is 1. The Labute approximate surface area is 226 Å². The molecule has 6 nitrogen and oxygen atoms in total. The number of pyridine rings is 1. The quantitative estimate of drug-likeness (QED) is 0.308. The van der Waals surface area contributed by atoms with E-state index in [1.54, 1.807) is 44.3 Å². The van der Waals surface area contributed by atoms with Gasteiger partial charge in [0.15, 0.2) is 9.84 Å². The van der Waals surface area contributed by atoms with Gasteiger partial charge < -0.3 is 0 Å². The first-order chi connectivity index (χ1) is 18.1. The van der Waals surface area contributed by atoms with Crippen molar-refractivity contribution in [2.75, 3.05) is 0 Å². The lowest BCUT2D eigenvalue weighted by Gasteiger charge is -2.30. The van der Waals surface area contributed by atoms with E-state index in [9.17, 15) is 22.9 Å². The van der Waals surface area contributed by atoms with Crippen molar-refractivity contribution in [2.45, 2.75) is 74.9 Å². The van der Waals surface area contributed by atoms with Crippen LogP contribution in [0.25, 0.3) is 21.0 Å². The van der Waals surface area contributed by atoms with Crippen molar-refractivity contribution in [1.82, 2.24) is 9.97 Å². The molecule has 0 amide bonds. The van der Waals surface area contributed by atoms with Gasteiger partial charge in [-0.15, -0.1) is 11.3 Å². The summed E-state index contributed by atoms with van der Waals surface area (Å²) in [5, 5.41) is 9.63. The van der Waals surface area contributed by atoms with E-state index in [-0.39, 0.29) is 28.9 Å². The zero-order valence-electron chi connectivity index (χ0n) is 21.5. The van der Waals surface area contributed by atoms with Gasteiger partial charge in [0.25, 0.3) is 0 Å². The molecule has 2 aliphatic rings. The van der Waals surface area contributed by atoms with Crippen LogP contribution in [-0.4, -0.2) is 29.4 Å². The highest BCUT2D eigenvalue weighted by molar-refractivity contribution is 7.92. The number of hydrogen-bond acceptors (Lipinski definition) is 7. The Hall–Kier alpha value is -2.96. The van der Waals surface area contributed by atoms with E-state index in [1.807, 2.05) is 0 Å². The monoisotopic (exact) mass is 551 g/mol. The summed E-state index contributed by atoms with van der Waals surface area (Å²) < 4.78 is 39.3. The van der Waals surface area contributed by atoms with Crippen molar-refractivity contribution in [1.29, 1.82) is 5.26 Å². The average Bonchev–Trinajstić information content (AvgIpc) is 3.55. The zero-order valence-corrected chi connectivity index (χ0v) is 23.1. The molecule has 2 aliphatic carbocycles. The van der Waals surface area contributed by atoms with Gasteiger partial charge in [-0.1, -0.05) is 25.0 Å². The van der Waals surface area contributed by atoms with Gasteiger partial charge in [0.05, 0.1) is 38.4 Å². The number of Topliss-reactive ketones (excluding diaryl/α,β-unsaturated/α-hetero) is 1.